The van der Waals surface area contributed by atoms with Gasteiger partial charge in [-0.25, -0.2) is 0 Å². The van der Waals surface area contributed by atoms with E-state index in [1.54, 1.807) is 4.90 Å². The largest absolute Gasteiger partial charge is 0.344 e. The second-order valence-corrected chi connectivity index (χ2v) is 5.48. The number of nitrogens with zero attached hydrogens (tertiary/aromatic N) is 1. The van der Waals surface area contributed by atoms with Crippen molar-refractivity contribution < 1.29 is 9.59 Å². The molecule has 1 saturated heterocycles. The van der Waals surface area contributed by atoms with Crippen LogP contribution in [0.5, 0.6) is 0 Å². The molecule has 5 heteroatoms. The smallest absolute Gasteiger partial charge is 0.249 e. The number of hydrogen-bond donors (Lipinski definition) is 2. The van der Waals surface area contributed by atoms with E-state index in [1.807, 2.05) is 31.2 Å². The van der Waals surface area contributed by atoms with E-state index in [9.17, 15) is 9.59 Å². The maximum atomic E-state index is 12.5. The average molecular weight is 289 g/mol. The number of rotatable bonds is 5. The van der Waals surface area contributed by atoms with Crippen LogP contribution in [-0.4, -0.2) is 30.9 Å². The summed E-state index contributed by atoms with van der Waals surface area (Å²) < 4.78 is 0. The molecule has 21 heavy (non-hydrogen) atoms. The van der Waals surface area contributed by atoms with Gasteiger partial charge in [-0.15, -0.1) is 0 Å². The predicted octanol–water partition coefficient (Wildman–Crippen LogP) is 1.35. The Morgan fingerprint density at radius 2 is 2.10 bits per heavy atom. The molecule has 5 nitrogen and oxygen atoms in total. The summed E-state index contributed by atoms with van der Waals surface area (Å²) >= 11 is 0. The fourth-order valence-electron chi connectivity index (χ4n) is 2.52. The van der Waals surface area contributed by atoms with Crippen molar-refractivity contribution in [3.63, 3.8) is 0 Å². The molecule has 3 N–H and O–H groups in total. The SMILES string of the molecule is Cc1ccc(N2CCCC(NC(=O)CCCN)C2=O)cc1. The van der Waals surface area contributed by atoms with Crippen molar-refractivity contribution in [3.8, 4) is 0 Å². The third-order valence-electron chi connectivity index (χ3n) is 3.73. The topological polar surface area (TPSA) is 75.4 Å². The molecule has 2 rings (SSSR count). The van der Waals surface area contributed by atoms with Gasteiger partial charge in [0.1, 0.15) is 6.04 Å². The van der Waals surface area contributed by atoms with Crippen LogP contribution in [-0.2, 0) is 9.59 Å². The number of piperidine rings is 1. The molecule has 1 aromatic carbocycles. The zero-order valence-corrected chi connectivity index (χ0v) is 12.5. The van der Waals surface area contributed by atoms with E-state index in [0.29, 0.717) is 32.4 Å². The van der Waals surface area contributed by atoms with Crippen LogP contribution in [0.4, 0.5) is 5.69 Å². The van der Waals surface area contributed by atoms with E-state index in [-0.39, 0.29) is 11.8 Å². The number of benzene rings is 1. The number of amides is 2. The van der Waals surface area contributed by atoms with E-state index in [1.165, 1.54) is 0 Å². The first-order valence-corrected chi connectivity index (χ1v) is 7.49. The summed E-state index contributed by atoms with van der Waals surface area (Å²) in [7, 11) is 0. The van der Waals surface area contributed by atoms with Crippen LogP contribution < -0.4 is 16.0 Å². The first-order valence-electron chi connectivity index (χ1n) is 7.49. The van der Waals surface area contributed by atoms with Crippen molar-refractivity contribution in [1.82, 2.24) is 5.32 Å². The first kappa shape index (κ1) is 15.5. The highest BCUT2D eigenvalue weighted by molar-refractivity contribution is 5.99. The first-order chi connectivity index (χ1) is 10.1. The van der Waals surface area contributed by atoms with Crippen molar-refractivity contribution in [2.45, 2.75) is 38.6 Å². The molecule has 1 unspecified atom stereocenters. The highest BCUT2D eigenvalue weighted by Crippen LogP contribution is 2.21. The lowest BCUT2D eigenvalue weighted by atomic mass is 10.0. The molecule has 2 amide bonds. The Bertz CT molecular complexity index is 499. The summed E-state index contributed by atoms with van der Waals surface area (Å²) in [6, 6.07) is 7.47. The summed E-state index contributed by atoms with van der Waals surface area (Å²) in [6.07, 6.45) is 2.62. The molecule has 1 fully saturated rings. The van der Waals surface area contributed by atoms with E-state index < -0.39 is 6.04 Å². The van der Waals surface area contributed by atoms with Crippen LogP contribution in [0.15, 0.2) is 24.3 Å². The molecule has 1 atom stereocenters. The lowest BCUT2D eigenvalue weighted by Crippen LogP contribution is -2.52. The van der Waals surface area contributed by atoms with Gasteiger partial charge in [0.2, 0.25) is 11.8 Å². The average Bonchev–Trinajstić information content (AvgIpc) is 2.48. The van der Waals surface area contributed by atoms with E-state index in [4.69, 9.17) is 5.73 Å². The summed E-state index contributed by atoms with van der Waals surface area (Å²) in [4.78, 5) is 26.0. The van der Waals surface area contributed by atoms with Gasteiger partial charge in [-0.3, -0.25) is 9.59 Å². The van der Waals surface area contributed by atoms with Gasteiger partial charge in [-0.05, 0) is 44.9 Å². The normalized spacial score (nSPS) is 18.7. The second-order valence-electron chi connectivity index (χ2n) is 5.48. The lowest BCUT2D eigenvalue weighted by molar-refractivity contribution is -0.128. The predicted molar refractivity (Wildman–Crippen MR) is 83.0 cm³/mol. The highest BCUT2D eigenvalue weighted by Gasteiger charge is 2.30. The van der Waals surface area contributed by atoms with E-state index >= 15 is 0 Å². The van der Waals surface area contributed by atoms with Gasteiger partial charge in [0.15, 0.2) is 0 Å². The fraction of sp³-hybridized carbons (Fsp3) is 0.500. The summed E-state index contributed by atoms with van der Waals surface area (Å²) in [5.41, 5.74) is 7.45. The Morgan fingerprint density at radius 1 is 1.38 bits per heavy atom. The molecule has 0 radical (unpaired) electrons. The van der Waals surface area contributed by atoms with Crippen LogP contribution in [0.25, 0.3) is 0 Å². The Labute approximate surface area is 125 Å². The van der Waals surface area contributed by atoms with Gasteiger partial charge in [0, 0.05) is 18.7 Å². The zero-order chi connectivity index (χ0) is 15.2. The Hall–Kier alpha value is -1.88. The molecule has 1 heterocycles. The zero-order valence-electron chi connectivity index (χ0n) is 12.5. The maximum Gasteiger partial charge on any atom is 0.249 e. The molecular weight excluding hydrogens is 266 g/mol. The van der Waals surface area contributed by atoms with Crippen LogP contribution in [0, 0.1) is 6.92 Å². The van der Waals surface area contributed by atoms with Crippen LogP contribution in [0.3, 0.4) is 0 Å². The van der Waals surface area contributed by atoms with E-state index in [0.717, 1.165) is 17.7 Å². The lowest BCUT2D eigenvalue weighted by Gasteiger charge is -2.32. The van der Waals surface area contributed by atoms with Gasteiger partial charge in [-0.1, -0.05) is 17.7 Å². The van der Waals surface area contributed by atoms with Gasteiger partial charge < -0.3 is 16.0 Å². The number of carbonyl (C=O) groups excluding carboxylic acids is 2. The minimum absolute atomic E-state index is 0.0220. The van der Waals surface area contributed by atoms with Gasteiger partial charge in [0.25, 0.3) is 0 Å². The summed E-state index contributed by atoms with van der Waals surface area (Å²) in [5, 5.41) is 2.83. The molecule has 0 saturated carbocycles. The number of carbonyl (C=O) groups is 2. The number of aryl methyl sites for hydroxylation is 1. The molecule has 1 aliphatic rings. The Balaban J connectivity index is 2.01. The van der Waals surface area contributed by atoms with Crippen molar-refractivity contribution in [2.24, 2.45) is 5.73 Å². The molecule has 0 spiro atoms. The van der Waals surface area contributed by atoms with Crippen LogP contribution in [0.1, 0.15) is 31.2 Å². The molecule has 114 valence electrons. The number of nitrogens with two attached hydrogens (primary N) is 1. The third kappa shape index (κ3) is 4.04. The number of anilines is 1. The quantitative estimate of drug-likeness (QED) is 0.859. The van der Waals surface area contributed by atoms with Gasteiger partial charge in [0.05, 0.1) is 0 Å². The maximum absolute atomic E-state index is 12.5. The van der Waals surface area contributed by atoms with Crippen molar-refractivity contribution >= 4 is 17.5 Å². The standard InChI is InChI=1S/C16H23N3O2/c1-12-6-8-13(9-7-12)19-11-3-4-14(16(19)21)18-15(20)5-2-10-17/h6-9,14H,2-5,10-11,17H2,1H3,(H,18,20). The van der Waals surface area contributed by atoms with Crippen molar-refractivity contribution in [1.29, 1.82) is 0 Å². The Morgan fingerprint density at radius 3 is 2.76 bits per heavy atom. The third-order valence-corrected chi connectivity index (χ3v) is 3.73. The summed E-state index contributed by atoms with van der Waals surface area (Å²) in [5.74, 6) is -0.115. The molecule has 0 bridgehead atoms. The van der Waals surface area contributed by atoms with Gasteiger partial charge >= 0.3 is 0 Å². The minimum Gasteiger partial charge on any atom is -0.344 e. The fourth-order valence-corrected chi connectivity index (χ4v) is 2.52. The van der Waals surface area contributed by atoms with Crippen LogP contribution >= 0.6 is 0 Å². The molecule has 1 aliphatic heterocycles. The molecule has 1 aromatic rings. The van der Waals surface area contributed by atoms with Crippen molar-refractivity contribution in [3.05, 3.63) is 29.8 Å². The Kier molecular flexibility index (Phi) is 5.33. The van der Waals surface area contributed by atoms with Crippen molar-refractivity contribution in [2.75, 3.05) is 18.0 Å². The molecule has 0 aliphatic carbocycles. The van der Waals surface area contributed by atoms with Crippen LogP contribution in [0.2, 0.25) is 0 Å². The number of nitrogens with one attached hydrogen (secondary N) is 1. The monoisotopic (exact) mass is 289 g/mol. The minimum atomic E-state index is -0.412. The van der Waals surface area contributed by atoms with Gasteiger partial charge in [-0.2, -0.15) is 0 Å². The second kappa shape index (κ2) is 7.22. The van der Waals surface area contributed by atoms with E-state index in [2.05, 4.69) is 5.32 Å². The molecule has 0 aromatic heterocycles. The summed E-state index contributed by atoms with van der Waals surface area (Å²) in [6.45, 7) is 3.21. The number of hydrogen-bond acceptors (Lipinski definition) is 3. The molecular formula is C16H23N3O2. The highest BCUT2D eigenvalue weighted by atomic mass is 16.2.